The number of nitrogens with zero attached hydrogens (tertiary/aromatic N) is 6. The summed E-state index contributed by atoms with van der Waals surface area (Å²) in [5, 5.41) is 6.94. The minimum atomic E-state index is -0.902. The number of anilines is 2. The Morgan fingerprint density at radius 3 is 2.89 bits per heavy atom. The maximum Gasteiger partial charge on any atom is 0.258 e. The van der Waals surface area contributed by atoms with Gasteiger partial charge in [-0.15, -0.1) is 0 Å². The van der Waals surface area contributed by atoms with E-state index in [2.05, 4.69) is 30.4 Å². The molecule has 10 heteroatoms. The number of hydrogen-bond acceptors (Lipinski definition) is 8. The maximum atomic E-state index is 11.1. The first-order valence-electron chi connectivity index (χ1n) is 5.47. The first kappa shape index (κ1) is 13.3. The van der Waals surface area contributed by atoms with Crippen LogP contribution < -0.4 is 11.1 Å². The molecule has 2 unspecified atom stereocenters. The number of rotatable bonds is 5. The molecule has 2 aromatic heterocycles. The molecule has 0 spiro atoms. The van der Waals surface area contributed by atoms with Gasteiger partial charge in [0.1, 0.15) is 12.7 Å². The van der Waals surface area contributed by atoms with Gasteiger partial charge >= 0.3 is 0 Å². The molecule has 2 aromatic rings. The fourth-order valence-electron chi connectivity index (χ4n) is 1.47. The van der Waals surface area contributed by atoms with Gasteiger partial charge in [-0.05, 0) is 6.92 Å². The smallest absolute Gasteiger partial charge is 0.258 e. The minimum absolute atomic E-state index is 0.0452. The fraction of sp³-hybridized carbons (Fsp3) is 0.444. The van der Waals surface area contributed by atoms with Crippen LogP contribution in [0.15, 0.2) is 12.7 Å². The Morgan fingerprint density at radius 1 is 1.47 bits per heavy atom. The van der Waals surface area contributed by atoms with E-state index in [1.165, 1.54) is 17.3 Å². The Hall–Kier alpha value is -2.10. The van der Waals surface area contributed by atoms with Gasteiger partial charge in [-0.2, -0.15) is 24.7 Å². The molecule has 0 aliphatic heterocycles. The molecule has 0 saturated carbocycles. The summed E-state index contributed by atoms with van der Waals surface area (Å²) >= 11 is 0. The molecule has 2 heterocycles. The molecule has 0 fully saturated rings. The molecule has 0 amide bonds. The third-order valence-corrected chi connectivity index (χ3v) is 3.09. The van der Waals surface area contributed by atoms with Gasteiger partial charge in [-0.1, -0.05) is 0 Å². The van der Waals surface area contributed by atoms with Crippen LogP contribution in [0.2, 0.25) is 0 Å². The van der Waals surface area contributed by atoms with Crippen LogP contribution in [0.5, 0.6) is 0 Å². The van der Waals surface area contributed by atoms with Crippen molar-refractivity contribution in [1.29, 1.82) is 0 Å². The Balaban J connectivity index is 2.20. The normalized spacial score (nSPS) is 14.0. The number of nitrogen functional groups attached to an aromatic ring is 1. The van der Waals surface area contributed by atoms with Crippen molar-refractivity contribution in [3.05, 3.63) is 12.7 Å². The number of hydrogen-bond donors (Lipinski definition) is 2. The van der Waals surface area contributed by atoms with E-state index in [1.807, 2.05) is 6.92 Å². The van der Waals surface area contributed by atoms with E-state index in [9.17, 15) is 4.21 Å². The second kappa shape index (κ2) is 5.69. The van der Waals surface area contributed by atoms with Gasteiger partial charge in [0, 0.05) is 28.9 Å². The summed E-state index contributed by atoms with van der Waals surface area (Å²) in [5.41, 5.74) is 5.62. The summed E-state index contributed by atoms with van der Waals surface area (Å²) in [7, 11) is -0.902. The molecule has 3 N–H and O–H groups in total. The van der Waals surface area contributed by atoms with Gasteiger partial charge in [0.15, 0.2) is 0 Å². The monoisotopic (exact) mass is 282 g/mol. The van der Waals surface area contributed by atoms with Crippen LogP contribution in [0.1, 0.15) is 6.92 Å². The summed E-state index contributed by atoms with van der Waals surface area (Å²) in [6.45, 7) is 1.89. The second-order valence-corrected chi connectivity index (χ2v) is 5.42. The van der Waals surface area contributed by atoms with Crippen LogP contribution in [0.25, 0.3) is 5.95 Å². The van der Waals surface area contributed by atoms with Crippen LogP contribution in [-0.4, -0.2) is 52.0 Å². The average Bonchev–Trinajstić information content (AvgIpc) is 2.79. The lowest BCUT2D eigenvalue weighted by atomic mass is 10.4. The van der Waals surface area contributed by atoms with Crippen molar-refractivity contribution in [2.75, 3.05) is 23.1 Å². The average molecular weight is 282 g/mol. The Morgan fingerprint density at radius 2 is 2.26 bits per heavy atom. The van der Waals surface area contributed by atoms with Crippen LogP contribution in [0.3, 0.4) is 0 Å². The summed E-state index contributed by atoms with van der Waals surface area (Å²) in [4.78, 5) is 15.9. The predicted molar refractivity (Wildman–Crippen MR) is 71.2 cm³/mol. The highest BCUT2D eigenvalue weighted by Crippen LogP contribution is 2.07. The zero-order chi connectivity index (χ0) is 13.8. The van der Waals surface area contributed by atoms with E-state index in [0.717, 1.165) is 0 Å². The molecule has 102 valence electrons. The highest BCUT2D eigenvalue weighted by Gasteiger charge is 2.10. The molecule has 0 radical (unpaired) electrons. The SMILES string of the molecule is CC(CS(C)=O)Nc1nc(N)nc(-n2cncn2)n1. The van der Waals surface area contributed by atoms with Crippen molar-refractivity contribution in [1.82, 2.24) is 29.7 Å². The van der Waals surface area contributed by atoms with E-state index in [-0.39, 0.29) is 17.9 Å². The highest BCUT2D eigenvalue weighted by atomic mass is 32.2. The molecule has 0 saturated heterocycles. The zero-order valence-electron chi connectivity index (χ0n) is 10.5. The molecule has 0 bridgehead atoms. The van der Waals surface area contributed by atoms with E-state index >= 15 is 0 Å². The molecular formula is C9H14N8OS. The quantitative estimate of drug-likeness (QED) is 0.731. The predicted octanol–water partition coefficient (Wildman–Crippen LogP) is -0.787. The van der Waals surface area contributed by atoms with Crippen molar-refractivity contribution in [2.24, 2.45) is 0 Å². The molecule has 19 heavy (non-hydrogen) atoms. The molecular weight excluding hydrogens is 268 g/mol. The first-order valence-corrected chi connectivity index (χ1v) is 7.20. The molecule has 0 aliphatic rings. The molecule has 0 aromatic carbocycles. The molecule has 2 rings (SSSR count). The van der Waals surface area contributed by atoms with Gasteiger partial charge in [0.25, 0.3) is 5.95 Å². The lowest BCUT2D eigenvalue weighted by Gasteiger charge is -2.12. The lowest BCUT2D eigenvalue weighted by Crippen LogP contribution is -2.24. The number of nitrogens with two attached hydrogens (primary N) is 1. The van der Waals surface area contributed by atoms with Crippen LogP contribution in [0.4, 0.5) is 11.9 Å². The maximum absolute atomic E-state index is 11.1. The highest BCUT2D eigenvalue weighted by molar-refractivity contribution is 7.84. The Labute approximate surface area is 112 Å². The third-order valence-electron chi connectivity index (χ3n) is 2.12. The van der Waals surface area contributed by atoms with Gasteiger partial charge in [-0.3, -0.25) is 4.21 Å². The zero-order valence-corrected chi connectivity index (χ0v) is 11.3. The van der Waals surface area contributed by atoms with Crippen molar-refractivity contribution >= 4 is 22.7 Å². The van der Waals surface area contributed by atoms with Crippen LogP contribution in [0, 0.1) is 0 Å². The molecule has 9 nitrogen and oxygen atoms in total. The van der Waals surface area contributed by atoms with Crippen LogP contribution >= 0.6 is 0 Å². The Bertz CT molecular complexity index is 572. The van der Waals surface area contributed by atoms with Crippen molar-refractivity contribution in [3.8, 4) is 5.95 Å². The molecule has 0 aliphatic carbocycles. The van der Waals surface area contributed by atoms with Crippen molar-refractivity contribution in [3.63, 3.8) is 0 Å². The summed E-state index contributed by atoms with van der Waals surface area (Å²) in [5.74, 6) is 1.16. The standard InChI is InChI=1S/C9H14N8OS/c1-6(3-19(2)18)13-8-14-7(10)15-9(16-8)17-5-11-4-12-17/h4-6H,3H2,1-2H3,(H3,10,13,14,15,16). The van der Waals surface area contributed by atoms with Gasteiger partial charge < -0.3 is 11.1 Å². The van der Waals surface area contributed by atoms with Crippen molar-refractivity contribution < 1.29 is 4.21 Å². The topological polar surface area (TPSA) is 125 Å². The number of nitrogens with one attached hydrogen (secondary N) is 1. The van der Waals surface area contributed by atoms with E-state index in [1.54, 1.807) is 6.26 Å². The van der Waals surface area contributed by atoms with Gasteiger partial charge in [-0.25, -0.2) is 4.98 Å². The number of aromatic nitrogens is 6. The van der Waals surface area contributed by atoms with E-state index < -0.39 is 10.8 Å². The second-order valence-electron chi connectivity index (χ2n) is 3.94. The molecule has 2 atom stereocenters. The third kappa shape index (κ3) is 3.68. The van der Waals surface area contributed by atoms with E-state index in [4.69, 9.17) is 5.73 Å². The summed E-state index contributed by atoms with van der Waals surface area (Å²) in [6.07, 6.45) is 4.47. The fourth-order valence-corrected chi connectivity index (χ4v) is 2.26. The summed E-state index contributed by atoms with van der Waals surface area (Å²) < 4.78 is 12.5. The van der Waals surface area contributed by atoms with Crippen molar-refractivity contribution in [2.45, 2.75) is 13.0 Å². The summed E-state index contributed by atoms with van der Waals surface area (Å²) in [6, 6.07) is -0.0452. The van der Waals surface area contributed by atoms with Gasteiger partial charge in [0.2, 0.25) is 11.9 Å². The van der Waals surface area contributed by atoms with Gasteiger partial charge in [0.05, 0.1) is 0 Å². The first-order chi connectivity index (χ1) is 9.04. The lowest BCUT2D eigenvalue weighted by molar-refractivity contribution is 0.682. The van der Waals surface area contributed by atoms with Crippen LogP contribution in [-0.2, 0) is 10.8 Å². The Kier molecular flexibility index (Phi) is 4.00. The minimum Gasteiger partial charge on any atom is -0.368 e. The largest absolute Gasteiger partial charge is 0.368 e. The van der Waals surface area contributed by atoms with E-state index in [0.29, 0.717) is 11.7 Å².